The molecule has 0 aliphatic rings. The normalized spacial score (nSPS) is 11.2. The van der Waals surface area contributed by atoms with Gasteiger partial charge in [-0.1, -0.05) is 168 Å². The van der Waals surface area contributed by atoms with Gasteiger partial charge in [0.05, 0.1) is 0 Å². The molecule has 0 unspecified atom stereocenters. The number of carboxylic acid groups (broad SMARTS) is 5. The standard InChI is InChI=1S/5C10H20O2.Ag.B/c5*1-10(2,3)8-6-4-5-7-9(11)12;;/h5*4-8H2,1-3H3,(H,11,12);;/q;;;;;+2;+3/p-5. The van der Waals surface area contributed by atoms with E-state index in [-0.39, 0.29) is 62.9 Å². The smallest absolute Gasteiger partial charge is 0.550 e. The van der Waals surface area contributed by atoms with Gasteiger partial charge in [0.15, 0.2) is 0 Å². The molecule has 369 valence electrons. The molecule has 0 saturated heterocycles. The van der Waals surface area contributed by atoms with E-state index in [4.69, 9.17) is 0 Å². The first-order valence-electron chi connectivity index (χ1n) is 23.1. The average Bonchev–Trinajstić information content (AvgIpc) is 3.02. The Morgan fingerprint density at radius 1 is 0.258 bits per heavy atom. The van der Waals surface area contributed by atoms with E-state index >= 15 is 0 Å². The fraction of sp³-hybridized carbons (Fsp3) is 0.900. The molecular weight excluding hydrogens is 879 g/mol. The largest absolute Gasteiger partial charge is 3.00 e. The molecule has 10 nitrogen and oxygen atoms in total. The van der Waals surface area contributed by atoms with E-state index in [1.165, 1.54) is 32.1 Å². The van der Waals surface area contributed by atoms with Crippen LogP contribution >= 0.6 is 0 Å². The van der Waals surface area contributed by atoms with E-state index in [1.807, 2.05) is 0 Å². The van der Waals surface area contributed by atoms with Crippen LogP contribution in [-0.4, -0.2) is 38.3 Å². The van der Waals surface area contributed by atoms with E-state index in [1.54, 1.807) is 0 Å². The summed E-state index contributed by atoms with van der Waals surface area (Å²) in [5, 5.41) is 50.2. The van der Waals surface area contributed by atoms with Crippen molar-refractivity contribution >= 4 is 38.3 Å². The van der Waals surface area contributed by atoms with Crippen LogP contribution in [0.5, 0.6) is 0 Å². The summed E-state index contributed by atoms with van der Waals surface area (Å²) in [6.07, 6.45) is 21.3. The Kier molecular flexibility index (Phi) is 51.8. The first-order chi connectivity index (χ1) is 27.1. The second-order valence-electron chi connectivity index (χ2n) is 22.5. The van der Waals surface area contributed by atoms with Gasteiger partial charge in [0, 0.05) is 29.8 Å². The molecule has 0 aliphatic heterocycles. The summed E-state index contributed by atoms with van der Waals surface area (Å²) in [7, 11) is 0. The number of aliphatic carboxylic acids is 5. The van der Waals surface area contributed by atoms with Crippen molar-refractivity contribution in [3.63, 3.8) is 0 Å². The Balaban J connectivity index is -0.000000121. The predicted octanol–water partition coefficient (Wildman–Crippen LogP) is 8.28. The monoisotopic (exact) mass is 974 g/mol. The van der Waals surface area contributed by atoms with Gasteiger partial charge in [-0.3, -0.25) is 0 Å². The molecule has 0 spiro atoms. The summed E-state index contributed by atoms with van der Waals surface area (Å²) in [5.41, 5.74) is 1.88. The maximum atomic E-state index is 10.0. The van der Waals surface area contributed by atoms with Crippen LogP contribution in [0.15, 0.2) is 0 Å². The number of hydrogen-bond acceptors (Lipinski definition) is 10. The third-order valence-corrected chi connectivity index (χ3v) is 9.04. The summed E-state index contributed by atoms with van der Waals surface area (Å²) in [6.45, 7) is 33.0. The fourth-order valence-corrected chi connectivity index (χ4v) is 5.51. The Labute approximate surface area is 399 Å². The van der Waals surface area contributed by atoms with Crippen LogP contribution in [0.4, 0.5) is 0 Å². The van der Waals surface area contributed by atoms with Gasteiger partial charge in [-0.2, -0.15) is 0 Å². The topological polar surface area (TPSA) is 201 Å². The second-order valence-corrected chi connectivity index (χ2v) is 22.5. The first kappa shape index (κ1) is 74.5. The molecule has 0 fully saturated rings. The maximum absolute atomic E-state index is 10.0. The molecule has 12 heteroatoms. The predicted molar refractivity (Wildman–Crippen MR) is 243 cm³/mol. The van der Waals surface area contributed by atoms with Crippen molar-refractivity contribution in [2.75, 3.05) is 0 Å². The molecule has 0 aromatic carbocycles. The van der Waals surface area contributed by atoms with Crippen molar-refractivity contribution < 1.29 is 71.9 Å². The molecule has 0 bridgehead atoms. The number of unbranched alkanes of at least 4 members (excludes halogenated alkanes) is 10. The van der Waals surface area contributed by atoms with Gasteiger partial charge in [0.25, 0.3) is 0 Å². The first-order valence-corrected chi connectivity index (χ1v) is 23.1. The molecule has 0 atom stereocenters. The van der Waals surface area contributed by atoms with Crippen molar-refractivity contribution in [2.24, 2.45) is 27.1 Å². The Morgan fingerprint density at radius 2 is 0.371 bits per heavy atom. The van der Waals surface area contributed by atoms with Gasteiger partial charge in [0.1, 0.15) is 0 Å². The van der Waals surface area contributed by atoms with E-state index in [0.717, 1.165) is 96.3 Å². The SMILES string of the molecule is CC(C)(C)CCCCCC(=O)[O-].CC(C)(C)CCCCCC(=O)[O-].CC(C)(C)CCCCCC(=O)[O-].CC(C)(C)CCCCCC(=O)[O-].CC(C)(C)CCCCCC(=O)[O-].[Ag+2].[B+3]. The molecule has 0 N–H and O–H groups in total. The molecule has 0 amide bonds. The average molecular weight is 975 g/mol. The molecule has 62 heavy (non-hydrogen) atoms. The van der Waals surface area contributed by atoms with Crippen LogP contribution in [0.3, 0.4) is 0 Å². The minimum absolute atomic E-state index is 0. The van der Waals surface area contributed by atoms with Crippen LogP contribution in [-0.2, 0) is 46.4 Å². The van der Waals surface area contributed by atoms with Gasteiger partial charge in [-0.05, 0) is 123 Å². The van der Waals surface area contributed by atoms with Gasteiger partial charge in [-0.15, -0.1) is 0 Å². The molecule has 0 rings (SSSR count). The van der Waals surface area contributed by atoms with E-state index in [9.17, 15) is 49.5 Å². The zero-order valence-corrected chi connectivity index (χ0v) is 44.1. The third-order valence-electron chi connectivity index (χ3n) is 9.04. The number of carbonyl (C=O) groups is 5. The summed E-state index contributed by atoms with van der Waals surface area (Å²) in [4.78, 5) is 50.2. The van der Waals surface area contributed by atoms with Crippen molar-refractivity contribution in [1.29, 1.82) is 0 Å². The summed E-state index contributed by atoms with van der Waals surface area (Å²) < 4.78 is 0. The Bertz CT molecular complexity index is 878. The van der Waals surface area contributed by atoms with Crippen molar-refractivity contribution in [2.45, 2.75) is 264 Å². The van der Waals surface area contributed by atoms with Crippen LogP contribution in [0.25, 0.3) is 0 Å². The summed E-state index contributed by atoms with van der Waals surface area (Å²) in [6, 6.07) is 0. The molecule has 1 radical (unpaired) electrons. The molecule has 0 aromatic rings. The number of hydrogen-bond donors (Lipinski definition) is 0. The van der Waals surface area contributed by atoms with Crippen molar-refractivity contribution in [1.82, 2.24) is 0 Å². The second kappa shape index (κ2) is 43.1. The Hall–Kier alpha value is -1.84. The minimum Gasteiger partial charge on any atom is -0.550 e. The third kappa shape index (κ3) is 102. The molecular formula is C50H95AgBO10. The van der Waals surface area contributed by atoms with Gasteiger partial charge in [-0.25, -0.2) is 0 Å². The molecule has 0 aliphatic carbocycles. The van der Waals surface area contributed by atoms with Crippen LogP contribution in [0, 0.1) is 27.1 Å². The van der Waals surface area contributed by atoms with E-state index in [2.05, 4.69) is 104 Å². The fourth-order valence-electron chi connectivity index (χ4n) is 5.51. The minimum atomic E-state index is -0.925. The quantitative estimate of drug-likeness (QED) is 0.0633. The van der Waals surface area contributed by atoms with Crippen molar-refractivity contribution in [3.05, 3.63) is 0 Å². The number of rotatable bonds is 25. The maximum Gasteiger partial charge on any atom is 3.00 e. The van der Waals surface area contributed by atoms with E-state index in [0.29, 0.717) is 27.1 Å². The van der Waals surface area contributed by atoms with Gasteiger partial charge in [0.2, 0.25) is 0 Å². The van der Waals surface area contributed by atoms with Crippen LogP contribution in [0.1, 0.15) is 264 Å². The summed E-state index contributed by atoms with van der Waals surface area (Å²) in [5.74, 6) is -4.63. The van der Waals surface area contributed by atoms with Crippen LogP contribution in [0.2, 0.25) is 0 Å². The Morgan fingerprint density at radius 3 is 0.452 bits per heavy atom. The number of carboxylic acids is 5. The molecule has 0 saturated carbocycles. The zero-order valence-electron chi connectivity index (χ0n) is 42.6. The van der Waals surface area contributed by atoms with Gasteiger partial charge >= 0.3 is 30.8 Å². The van der Waals surface area contributed by atoms with Crippen molar-refractivity contribution in [3.8, 4) is 0 Å². The molecule has 0 aromatic heterocycles. The van der Waals surface area contributed by atoms with E-state index < -0.39 is 29.8 Å². The summed E-state index contributed by atoms with van der Waals surface area (Å²) >= 11 is 0. The molecule has 0 heterocycles. The van der Waals surface area contributed by atoms with Gasteiger partial charge < -0.3 is 49.5 Å². The zero-order chi connectivity index (χ0) is 48.1. The number of carbonyl (C=O) groups excluding carboxylic acids is 5. The van der Waals surface area contributed by atoms with Crippen LogP contribution < -0.4 is 25.5 Å².